The van der Waals surface area contributed by atoms with E-state index in [9.17, 15) is 4.79 Å². The van der Waals surface area contributed by atoms with Gasteiger partial charge in [-0.05, 0) is 51.7 Å². The Morgan fingerprint density at radius 2 is 2.00 bits per heavy atom. The molecule has 26 heavy (non-hydrogen) atoms. The van der Waals surface area contributed by atoms with Gasteiger partial charge in [0.15, 0.2) is 0 Å². The van der Waals surface area contributed by atoms with Crippen LogP contribution in [0.5, 0.6) is 0 Å². The average molecular weight is 381 g/mol. The Balaban J connectivity index is 1.75. The highest BCUT2D eigenvalue weighted by Crippen LogP contribution is 2.32. The maximum Gasteiger partial charge on any atom is 0.407 e. The van der Waals surface area contributed by atoms with Gasteiger partial charge in [-0.15, -0.1) is 0 Å². The van der Waals surface area contributed by atoms with E-state index in [1.54, 1.807) is 4.68 Å². The van der Waals surface area contributed by atoms with E-state index in [0.29, 0.717) is 17.3 Å². The van der Waals surface area contributed by atoms with Gasteiger partial charge in [-0.1, -0.05) is 24.4 Å². The predicted octanol–water partition coefficient (Wildman–Crippen LogP) is 4.44. The third-order valence-corrected chi connectivity index (χ3v) is 4.36. The highest BCUT2D eigenvalue weighted by molar-refractivity contribution is 6.34. The fourth-order valence-corrected chi connectivity index (χ4v) is 3.10. The van der Waals surface area contributed by atoms with Gasteiger partial charge in [0.1, 0.15) is 5.60 Å². The molecule has 0 unspecified atom stereocenters. The van der Waals surface area contributed by atoms with E-state index in [-0.39, 0.29) is 6.09 Å². The van der Waals surface area contributed by atoms with Crippen LogP contribution in [0.3, 0.4) is 0 Å². The van der Waals surface area contributed by atoms with E-state index in [2.05, 4.69) is 10.4 Å². The molecular weight excluding hydrogens is 352 g/mol. The molecule has 0 radical (unpaired) electrons. The van der Waals surface area contributed by atoms with Gasteiger partial charge in [-0.2, -0.15) is 5.10 Å². The van der Waals surface area contributed by atoms with Crippen LogP contribution in [0, 0.1) is 0 Å². The zero-order chi connectivity index (χ0) is 19.3. The molecule has 144 valence electrons. The van der Waals surface area contributed by atoms with Gasteiger partial charge < -0.3 is 15.8 Å². The van der Waals surface area contributed by atoms with Crippen molar-refractivity contribution in [2.75, 3.05) is 12.3 Å². The van der Waals surface area contributed by atoms with Crippen molar-refractivity contribution in [3.63, 3.8) is 0 Å². The lowest BCUT2D eigenvalue weighted by molar-refractivity contribution is 0.0527. The predicted molar refractivity (Wildman–Crippen MR) is 107 cm³/mol. The number of halogens is 1. The van der Waals surface area contributed by atoms with Gasteiger partial charge in [-0.25, -0.2) is 4.79 Å². The van der Waals surface area contributed by atoms with Crippen molar-refractivity contribution in [3.05, 3.63) is 22.8 Å². The normalized spacial score (nSPS) is 11.7. The van der Waals surface area contributed by atoms with E-state index in [1.165, 1.54) is 0 Å². The summed E-state index contributed by atoms with van der Waals surface area (Å²) in [5.74, 6) is 0. The number of rotatable bonds is 7. The number of nitrogen functional groups attached to an aromatic ring is 1. The highest BCUT2D eigenvalue weighted by Gasteiger charge is 2.15. The molecule has 7 heteroatoms. The molecule has 0 bridgehead atoms. The molecule has 6 nitrogen and oxygen atoms in total. The van der Waals surface area contributed by atoms with Gasteiger partial charge in [-0.3, -0.25) is 4.68 Å². The molecule has 2 aromatic rings. The zero-order valence-electron chi connectivity index (χ0n) is 16.1. The Labute approximate surface area is 160 Å². The molecule has 2 rings (SSSR count). The number of nitrogens with zero attached hydrogens (tertiary/aromatic N) is 2. The van der Waals surface area contributed by atoms with Gasteiger partial charge in [0, 0.05) is 25.2 Å². The minimum absolute atomic E-state index is 0.358. The fraction of sp³-hybridized carbons (Fsp3) is 0.579. The van der Waals surface area contributed by atoms with Crippen LogP contribution in [0.25, 0.3) is 10.9 Å². The lowest BCUT2D eigenvalue weighted by Crippen LogP contribution is -2.32. The standard InChI is InChI=1S/C19H29ClN4O2/c1-19(2,3)26-18(25)22-10-8-6-5-7-9-13-14-12-24(4)23-16(14)11-15(20)17(13)21/h11-12H,5-10,21H2,1-4H3,(H,22,25). The molecule has 1 heterocycles. The number of unbranched alkanes of at least 4 members (excludes halogenated alkanes) is 3. The Bertz CT molecular complexity index is 765. The molecular formula is C19H29ClN4O2. The molecule has 1 amide bonds. The third-order valence-electron chi connectivity index (χ3n) is 4.05. The van der Waals surface area contributed by atoms with E-state index in [1.807, 2.05) is 40.1 Å². The SMILES string of the molecule is Cn1cc2c(CCCCCCNC(=O)OC(C)(C)C)c(N)c(Cl)cc2n1. The Morgan fingerprint density at radius 3 is 2.69 bits per heavy atom. The molecule has 0 fully saturated rings. The molecule has 0 saturated heterocycles. The third kappa shape index (κ3) is 5.80. The number of anilines is 1. The molecule has 1 aromatic heterocycles. The monoisotopic (exact) mass is 380 g/mol. The molecule has 0 atom stereocenters. The summed E-state index contributed by atoms with van der Waals surface area (Å²) in [5, 5.41) is 8.83. The molecule has 0 spiro atoms. The van der Waals surface area contributed by atoms with E-state index in [4.69, 9.17) is 22.1 Å². The second kappa shape index (κ2) is 8.62. The smallest absolute Gasteiger partial charge is 0.407 e. The lowest BCUT2D eigenvalue weighted by Gasteiger charge is -2.19. The van der Waals surface area contributed by atoms with Crippen LogP contribution in [-0.2, 0) is 18.2 Å². The van der Waals surface area contributed by atoms with Crippen molar-refractivity contribution >= 4 is 34.3 Å². The van der Waals surface area contributed by atoms with Crippen LogP contribution in [0.15, 0.2) is 12.3 Å². The number of carbonyl (C=O) groups excluding carboxylic acids is 1. The molecule has 0 aliphatic carbocycles. The summed E-state index contributed by atoms with van der Waals surface area (Å²) in [6.07, 6.45) is 6.53. The first kappa shape index (κ1) is 20.4. The van der Waals surface area contributed by atoms with Crippen molar-refractivity contribution in [1.29, 1.82) is 0 Å². The number of hydrogen-bond acceptors (Lipinski definition) is 4. The Kier molecular flexibility index (Phi) is 6.75. The Hall–Kier alpha value is -1.95. The van der Waals surface area contributed by atoms with Gasteiger partial charge in [0.2, 0.25) is 0 Å². The molecule has 0 aliphatic heterocycles. The lowest BCUT2D eigenvalue weighted by atomic mass is 10.0. The minimum atomic E-state index is -0.460. The second-order valence-corrected chi connectivity index (χ2v) is 7.99. The number of fused-ring (bicyclic) bond motifs is 1. The summed E-state index contributed by atoms with van der Waals surface area (Å²) >= 11 is 6.23. The van der Waals surface area contributed by atoms with Crippen LogP contribution in [0.2, 0.25) is 5.02 Å². The van der Waals surface area contributed by atoms with Gasteiger partial charge >= 0.3 is 6.09 Å². The van der Waals surface area contributed by atoms with Crippen molar-refractivity contribution in [3.8, 4) is 0 Å². The van der Waals surface area contributed by atoms with Crippen molar-refractivity contribution in [2.45, 2.75) is 58.5 Å². The summed E-state index contributed by atoms with van der Waals surface area (Å²) in [6, 6.07) is 1.82. The maximum absolute atomic E-state index is 11.6. The number of nitrogens with one attached hydrogen (secondary N) is 1. The number of nitrogens with two attached hydrogens (primary N) is 1. The van der Waals surface area contributed by atoms with E-state index < -0.39 is 5.60 Å². The first-order valence-corrected chi connectivity index (χ1v) is 9.42. The minimum Gasteiger partial charge on any atom is -0.444 e. The Morgan fingerprint density at radius 1 is 1.31 bits per heavy atom. The van der Waals surface area contributed by atoms with Crippen LogP contribution < -0.4 is 11.1 Å². The van der Waals surface area contributed by atoms with Crippen LogP contribution >= 0.6 is 11.6 Å². The van der Waals surface area contributed by atoms with Crippen LogP contribution in [-0.4, -0.2) is 28.0 Å². The summed E-state index contributed by atoms with van der Waals surface area (Å²) in [4.78, 5) is 11.6. The first-order valence-electron chi connectivity index (χ1n) is 9.04. The van der Waals surface area contributed by atoms with Crippen molar-refractivity contribution in [1.82, 2.24) is 15.1 Å². The number of ether oxygens (including phenoxy) is 1. The van der Waals surface area contributed by atoms with Crippen molar-refractivity contribution in [2.24, 2.45) is 7.05 Å². The highest BCUT2D eigenvalue weighted by atomic mass is 35.5. The summed E-state index contributed by atoms with van der Waals surface area (Å²) in [5.41, 5.74) is 8.32. The number of amides is 1. The molecule has 1 aromatic carbocycles. The van der Waals surface area contributed by atoms with Gasteiger partial charge in [0.25, 0.3) is 0 Å². The van der Waals surface area contributed by atoms with Crippen LogP contribution in [0.1, 0.15) is 52.0 Å². The van der Waals surface area contributed by atoms with E-state index in [0.717, 1.165) is 48.6 Å². The van der Waals surface area contributed by atoms with Crippen molar-refractivity contribution < 1.29 is 9.53 Å². The number of aryl methyl sites for hydroxylation is 2. The summed E-state index contributed by atoms with van der Waals surface area (Å²) < 4.78 is 6.99. The zero-order valence-corrected chi connectivity index (χ0v) is 16.8. The maximum atomic E-state index is 11.6. The number of benzene rings is 1. The first-order chi connectivity index (χ1) is 12.2. The number of alkyl carbamates (subject to hydrolysis) is 1. The summed E-state index contributed by atoms with van der Waals surface area (Å²) in [7, 11) is 1.89. The fourth-order valence-electron chi connectivity index (χ4n) is 2.89. The second-order valence-electron chi connectivity index (χ2n) is 7.58. The quantitative estimate of drug-likeness (QED) is 0.549. The summed E-state index contributed by atoms with van der Waals surface area (Å²) in [6.45, 7) is 6.19. The largest absolute Gasteiger partial charge is 0.444 e. The molecule has 3 N–H and O–H groups in total. The van der Waals surface area contributed by atoms with E-state index >= 15 is 0 Å². The van der Waals surface area contributed by atoms with Gasteiger partial charge in [0.05, 0.1) is 16.2 Å². The molecule has 0 aliphatic rings. The molecule has 0 saturated carbocycles. The number of aromatic nitrogens is 2. The number of carbonyl (C=O) groups is 1. The average Bonchev–Trinajstić information content (AvgIpc) is 2.87. The topological polar surface area (TPSA) is 82.2 Å². The number of hydrogen-bond donors (Lipinski definition) is 2. The van der Waals surface area contributed by atoms with Crippen LogP contribution in [0.4, 0.5) is 10.5 Å².